The van der Waals surface area contributed by atoms with E-state index in [2.05, 4.69) is 5.32 Å². The van der Waals surface area contributed by atoms with Crippen molar-refractivity contribution < 1.29 is 18.0 Å². The summed E-state index contributed by atoms with van der Waals surface area (Å²) in [6.07, 6.45) is 1.95. The van der Waals surface area contributed by atoms with Gasteiger partial charge < -0.3 is 10.2 Å². The van der Waals surface area contributed by atoms with Crippen LogP contribution in [0.1, 0.15) is 47.6 Å². The van der Waals surface area contributed by atoms with Crippen molar-refractivity contribution in [3.05, 3.63) is 130 Å². The maximum absolute atomic E-state index is 14.6. The molecule has 242 valence electrons. The fourth-order valence-electron chi connectivity index (χ4n) is 5.28. The number of sulfonamides is 1. The Labute approximate surface area is 278 Å². The van der Waals surface area contributed by atoms with E-state index < -0.39 is 28.5 Å². The predicted molar refractivity (Wildman–Crippen MR) is 185 cm³/mol. The molecule has 0 aliphatic rings. The average molecular weight is 660 g/mol. The second-order valence-electron chi connectivity index (χ2n) is 11.6. The van der Waals surface area contributed by atoms with Gasteiger partial charge in [-0.3, -0.25) is 13.9 Å². The van der Waals surface area contributed by atoms with Crippen molar-refractivity contribution in [2.24, 2.45) is 0 Å². The zero-order chi connectivity index (χ0) is 33.3. The number of carbonyl (C=O) groups excluding carboxylic acids is 2. The number of unbranched alkanes of at least 4 members (excludes halogenated alkanes) is 1. The van der Waals surface area contributed by atoms with Gasteiger partial charge in [0.05, 0.1) is 10.6 Å². The first-order valence-corrected chi connectivity index (χ1v) is 17.3. The molecule has 0 heterocycles. The van der Waals surface area contributed by atoms with Gasteiger partial charge in [0.15, 0.2) is 0 Å². The van der Waals surface area contributed by atoms with Gasteiger partial charge in [0.2, 0.25) is 11.8 Å². The molecule has 1 atom stereocenters. The normalized spacial score (nSPS) is 11.9. The van der Waals surface area contributed by atoms with Crippen molar-refractivity contribution >= 4 is 39.1 Å². The maximum Gasteiger partial charge on any atom is 0.264 e. The molecule has 0 aliphatic heterocycles. The van der Waals surface area contributed by atoms with E-state index in [0.717, 1.165) is 39.4 Å². The van der Waals surface area contributed by atoms with E-state index in [1.54, 1.807) is 42.5 Å². The number of halogens is 1. The first-order chi connectivity index (χ1) is 22.0. The van der Waals surface area contributed by atoms with Crippen molar-refractivity contribution in [2.75, 3.05) is 17.4 Å². The lowest BCUT2D eigenvalue weighted by Crippen LogP contribution is -2.53. The molecule has 0 spiro atoms. The van der Waals surface area contributed by atoms with Crippen LogP contribution in [0.3, 0.4) is 0 Å². The lowest BCUT2D eigenvalue weighted by molar-refractivity contribution is -0.140. The Hall–Kier alpha value is -4.14. The van der Waals surface area contributed by atoms with Gasteiger partial charge in [-0.25, -0.2) is 8.42 Å². The predicted octanol–water partition coefficient (Wildman–Crippen LogP) is 7.02. The van der Waals surface area contributed by atoms with E-state index in [-0.39, 0.29) is 23.8 Å². The number of hydrogen-bond donors (Lipinski definition) is 1. The van der Waals surface area contributed by atoms with Gasteiger partial charge in [0, 0.05) is 24.5 Å². The van der Waals surface area contributed by atoms with Crippen molar-refractivity contribution in [1.29, 1.82) is 0 Å². The van der Waals surface area contributed by atoms with Gasteiger partial charge in [-0.05, 0) is 74.2 Å². The van der Waals surface area contributed by atoms with Gasteiger partial charge in [0.1, 0.15) is 12.6 Å². The van der Waals surface area contributed by atoms with E-state index in [1.165, 1.54) is 4.90 Å². The van der Waals surface area contributed by atoms with Gasteiger partial charge in [-0.1, -0.05) is 103 Å². The third kappa shape index (κ3) is 8.98. The van der Waals surface area contributed by atoms with Gasteiger partial charge in [-0.2, -0.15) is 0 Å². The summed E-state index contributed by atoms with van der Waals surface area (Å²) in [4.78, 5) is 30.0. The minimum absolute atomic E-state index is 0.0771. The zero-order valence-electron chi connectivity index (χ0n) is 26.9. The Kier molecular flexibility index (Phi) is 12.0. The summed E-state index contributed by atoms with van der Waals surface area (Å²) in [6, 6.07) is 27.7. The van der Waals surface area contributed by atoms with Crippen LogP contribution in [0.5, 0.6) is 0 Å². The quantitative estimate of drug-likeness (QED) is 0.148. The number of rotatable bonds is 14. The zero-order valence-corrected chi connectivity index (χ0v) is 28.4. The molecular weight excluding hydrogens is 618 g/mol. The minimum Gasteiger partial charge on any atom is -0.354 e. The molecule has 0 aliphatic carbocycles. The molecule has 0 bridgehead atoms. The van der Waals surface area contributed by atoms with Crippen molar-refractivity contribution in [3.63, 3.8) is 0 Å². The summed E-state index contributed by atoms with van der Waals surface area (Å²) in [6.45, 7) is 7.74. The highest BCUT2D eigenvalue weighted by Gasteiger charge is 2.35. The molecule has 46 heavy (non-hydrogen) atoms. The van der Waals surface area contributed by atoms with E-state index >= 15 is 0 Å². The van der Waals surface area contributed by atoms with E-state index in [1.807, 2.05) is 82.3 Å². The number of carbonyl (C=O) groups is 2. The first-order valence-electron chi connectivity index (χ1n) is 15.5. The molecule has 7 nitrogen and oxygen atoms in total. The number of anilines is 1. The van der Waals surface area contributed by atoms with Crippen LogP contribution in [0.4, 0.5) is 5.69 Å². The van der Waals surface area contributed by atoms with Crippen LogP contribution < -0.4 is 9.62 Å². The highest BCUT2D eigenvalue weighted by molar-refractivity contribution is 7.92. The SMILES string of the molecule is CCCCNC(=O)[C@H](Cc1ccccc1)N(Cc1ccc(Cl)cc1)C(=O)CN(c1ccc(C)cc1C)S(=O)(=O)c1ccc(C)cc1. The van der Waals surface area contributed by atoms with Crippen LogP contribution in [0.15, 0.2) is 102 Å². The number of hydrogen-bond acceptors (Lipinski definition) is 4. The average Bonchev–Trinajstić information content (AvgIpc) is 3.03. The number of amides is 2. The van der Waals surface area contributed by atoms with E-state index in [9.17, 15) is 18.0 Å². The lowest BCUT2D eigenvalue weighted by Gasteiger charge is -2.34. The van der Waals surface area contributed by atoms with E-state index in [0.29, 0.717) is 22.8 Å². The number of nitrogens with zero attached hydrogens (tertiary/aromatic N) is 2. The fraction of sp³-hybridized carbons (Fsp3) is 0.297. The molecule has 0 fully saturated rings. The summed E-state index contributed by atoms with van der Waals surface area (Å²) < 4.78 is 29.7. The molecular formula is C37H42ClN3O4S. The molecule has 4 aromatic rings. The largest absolute Gasteiger partial charge is 0.354 e. The van der Waals surface area contributed by atoms with E-state index in [4.69, 9.17) is 11.6 Å². The van der Waals surface area contributed by atoms with Crippen LogP contribution >= 0.6 is 11.6 Å². The first kappa shape index (κ1) is 34.7. The lowest BCUT2D eigenvalue weighted by atomic mass is 10.0. The fourth-order valence-corrected chi connectivity index (χ4v) is 6.89. The monoisotopic (exact) mass is 659 g/mol. The van der Waals surface area contributed by atoms with Crippen molar-refractivity contribution in [3.8, 4) is 0 Å². The molecule has 1 N–H and O–H groups in total. The van der Waals surface area contributed by atoms with Crippen LogP contribution in [0.25, 0.3) is 0 Å². The molecule has 2 amide bonds. The molecule has 0 aromatic heterocycles. The summed E-state index contributed by atoms with van der Waals surface area (Å²) in [5, 5.41) is 3.56. The van der Waals surface area contributed by atoms with Crippen molar-refractivity contribution in [2.45, 2.75) is 64.4 Å². The molecule has 4 rings (SSSR count). The number of nitrogens with one attached hydrogen (secondary N) is 1. The van der Waals surface area contributed by atoms with Gasteiger partial charge in [-0.15, -0.1) is 0 Å². The van der Waals surface area contributed by atoms with Crippen LogP contribution in [0, 0.1) is 20.8 Å². The second kappa shape index (κ2) is 15.9. The highest BCUT2D eigenvalue weighted by atomic mass is 35.5. The topological polar surface area (TPSA) is 86.8 Å². The Morgan fingerprint density at radius 1 is 0.826 bits per heavy atom. The number of benzene rings is 4. The standard InChI is InChI=1S/C37H42ClN3O4S/c1-5-6-22-39-37(43)35(24-30-10-8-7-9-11-30)40(25-31-15-17-32(38)18-16-31)36(42)26-41(34-21-14-28(3)23-29(34)4)46(44,45)33-19-12-27(2)13-20-33/h7-21,23,35H,5-6,22,24-26H2,1-4H3,(H,39,43)/t35-/m0/s1. The Morgan fingerprint density at radius 2 is 1.48 bits per heavy atom. The Bertz CT molecular complexity index is 1730. The second-order valence-corrected chi connectivity index (χ2v) is 13.9. The summed E-state index contributed by atoms with van der Waals surface area (Å²) >= 11 is 6.16. The highest BCUT2D eigenvalue weighted by Crippen LogP contribution is 2.29. The molecule has 0 saturated carbocycles. The molecule has 0 radical (unpaired) electrons. The summed E-state index contributed by atoms with van der Waals surface area (Å²) in [7, 11) is -4.17. The Morgan fingerprint density at radius 3 is 2.11 bits per heavy atom. The summed E-state index contributed by atoms with van der Waals surface area (Å²) in [5.74, 6) is -0.795. The van der Waals surface area contributed by atoms with Gasteiger partial charge >= 0.3 is 0 Å². The Balaban J connectivity index is 1.81. The molecule has 0 unspecified atom stereocenters. The van der Waals surface area contributed by atoms with Crippen LogP contribution in [0.2, 0.25) is 5.02 Å². The van der Waals surface area contributed by atoms with Crippen LogP contribution in [-0.2, 0) is 32.6 Å². The third-order valence-corrected chi connectivity index (χ3v) is 9.90. The van der Waals surface area contributed by atoms with Gasteiger partial charge in [0.25, 0.3) is 10.0 Å². The maximum atomic E-state index is 14.6. The van der Waals surface area contributed by atoms with Crippen molar-refractivity contribution in [1.82, 2.24) is 10.2 Å². The molecule has 4 aromatic carbocycles. The minimum atomic E-state index is -4.17. The molecule has 9 heteroatoms. The third-order valence-electron chi connectivity index (χ3n) is 7.88. The summed E-state index contributed by atoms with van der Waals surface area (Å²) in [5.41, 5.74) is 4.64. The van der Waals surface area contributed by atoms with Crippen LogP contribution in [-0.4, -0.2) is 44.3 Å². The smallest absolute Gasteiger partial charge is 0.264 e. The number of aryl methyl sites for hydroxylation is 3. The molecule has 0 saturated heterocycles.